The maximum absolute atomic E-state index is 12.5. The van der Waals surface area contributed by atoms with E-state index in [4.69, 9.17) is 14.2 Å². The Balaban J connectivity index is 2.04. The molecule has 2 N–H and O–H groups in total. The minimum atomic E-state index is -0.777. The fourth-order valence-corrected chi connectivity index (χ4v) is 2.46. The van der Waals surface area contributed by atoms with Crippen LogP contribution in [0.5, 0.6) is 17.4 Å². The van der Waals surface area contributed by atoms with Crippen LogP contribution >= 0.6 is 0 Å². The number of aromatic nitrogens is 2. The van der Waals surface area contributed by atoms with Crippen molar-refractivity contribution in [1.29, 1.82) is 0 Å². The van der Waals surface area contributed by atoms with Crippen molar-refractivity contribution < 1.29 is 23.8 Å². The summed E-state index contributed by atoms with van der Waals surface area (Å²) in [4.78, 5) is 32.6. The molecule has 0 saturated heterocycles. The van der Waals surface area contributed by atoms with Gasteiger partial charge >= 0.3 is 6.09 Å². The molecule has 9 heteroatoms. The van der Waals surface area contributed by atoms with Gasteiger partial charge in [0.25, 0.3) is 0 Å². The maximum Gasteiger partial charge on any atom is 0.408 e. The van der Waals surface area contributed by atoms with Crippen LogP contribution in [0.25, 0.3) is 0 Å². The Morgan fingerprint density at radius 3 is 2.53 bits per heavy atom. The Morgan fingerprint density at radius 2 is 1.90 bits per heavy atom. The molecule has 162 valence electrons. The van der Waals surface area contributed by atoms with Gasteiger partial charge in [-0.2, -0.15) is 0 Å². The van der Waals surface area contributed by atoms with Crippen LogP contribution in [-0.2, 0) is 9.53 Å². The molecular weight excluding hydrogens is 388 g/mol. The van der Waals surface area contributed by atoms with Gasteiger partial charge in [-0.15, -0.1) is 0 Å². The second kappa shape index (κ2) is 9.91. The first kappa shape index (κ1) is 22.9. The number of alkyl carbamates (subject to hydrolysis) is 1. The highest BCUT2D eigenvalue weighted by molar-refractivity contribution is 5.95. The van der Waals surface area contributed by atoms with E-state index < -0.39 is 23.6 Å². The van der Waals surface area contributed by atoms with E-state index in [0.717, 1.165) is 5.56 Å². The summed E-state index contributed by atoms with van der Waals surface area (Å²) >= 11 is 0. The third kappa shape index (κ3) is 6.91. The van der Waals surface area contributed by atoms with Crippen molar-refractivity contribution >= 4 is 17.8 Å². The van der Waals surface area contributed by atoms with Crippen LogP contribution in [0.3, 0.4) is 0 Å². The number of amides is 2. The third-order valence-electron chi connectivity index (χ3n) is 3.91. The summed E-state index contributed by atoms with van der Waals surface area (Å²) in [6.07, 6.45) is 0.992. The quantitative estimate of drug-likeness (QED) is 0.705. The number of benzene rings is 1. The largest absolute Gasteiger partial charge is 0.496 e. The van der Waals surface area contributed by atoms with E-state index in [1.807, 2.05) is 13.0 Å². The molecule has 0 aliphatic carbocycles. The van der Waals surface area contributed by atoms with Crippen molar-refractivity contribution in [3.8, 4) is 17.4 Å². The molecule has 0 saturated carbocycles. The Bertz CT molecular complexity index is 895. The standard InChI is InChI=1S/C21H28N4O5/c1-7-15(24-20(27)30-21(3,4)5)19(26)25-17-11-18(23-12-22-17)29-14-9-8-13(2)16(10-14)28-6/h8-12,15H,7H2,1-6H3,(H,24,27)(H,22,23,25,26)/t15-/m1/s1. The van der Waals surface area contributed by atoms with E-state index in [9.17, 15) is 9.59 Å². The molecule has 0 spiro atoms. The molecule has 1 aromatic heterocycles. The van der Waals surface area contributed by atoms with Gasteiger partial charge in [-0.1, -0.05) is 13.0 Å². The first-order valence-electron chi connectivity index (χ1n) is 9.56. The molecule has 1 heterocycles. The van der Waals surface area contributed by atoms with Gasteiger partial charge in [0.2, 0.25) is 11.8 Å². The summed E-state index contributed by atoms with van der Waals surface area (Å²) in [7, 11) is 1.58. The van der Waals surface area contributed by atoms with E-state index >= 15 is 0 Å². The normalized spacial score (nSPS) is 11.9. The lowest BCUT2D eigenvalue weighted by Gasteiger charge is -2.22. The highest BCUT2D eigenvalue weighted by Crippen LogP contribution is 2.27. The zero-order valence-electron chi connectivity index (χ0n) is 18.1. The predicted octanol–water partition coefficient (Wildman–Crippen LogP) is 3.83. The average Bonchev–Trinajstić information content (AvgIpc) is 2.66. The van der Waals surface area contributed by atoms with Crippen molar-refractivity contribution in [3.63, 3.8) is 0 Å². The second-order valence-electron chi connectivity index (χ2n) is 7.57. The minimum absolute atomic E-state index is 0.244. The van der Waals surface area contributed by atoms with Gasteiger partial charge in [0.1, 0.15) is 35.3 Å². The van der Waals surface area contributed by atoms with Gasteiger partial charge in [-0.3, -0.25) is 4.79 Å². The van der Waals surface area contributed by atoms with Crippen LogP contribution < -0.4 is 20.1 Å². The number of anilines is 1. The molecular formula is C21H28N4O5. The molecule has 0 bridgehead atoms. The molecule has 2 amide bonds. The van der Waals surface area contributed by atoms with Crippen LogP contribution in [0.15, 0.2) is 30.6 Å². The Morgan fingerprint density at radius 1 is 1.17 bits per heavy atom. The zero-order chi connectivity index (χ0) is 22.3. The van der Waals surface area contributed by atoms with Gasteiger partial charge in [-0.05, 0) is 45.7 Å². The van der Waals surface area contributed by atoms with E-state index in [0.29, 0.717) is 17.9 Å². The highest BCUT2D eigenvalue weighted by Gasteiger charge is 2.23. The number of rotatable bonds is 7. The molecule has 30 heavy (non-hydrogen) atoms. The molecule has 0 aliphatic rings. The SMILES string of the molecule is CC[C@@H](NC(=O)OC(C)(C)C)C(=O)Nc1cc(Oc2ccc(C)c(OC)c2)ncn1. The highest BCUT2D eigenvalue weighted by atomic mass is 16.6. The molecule has 1 aromatic carbocycles. The van der Waals surface area contributed by atoms with E-state index in [-0.39, 0.29) is 11.7 Å². The topological polar surface area (TPSA) is 112 Å². The van der Waals surface area contributed by atoms with Gasteiger partial charge < -0.3 is 24.8 Å². The summed E-state index contributed by atoms with van der Waals surface area (Å²) in [5, 5.41) is 5.21. The van der Waals surface area contributed by atoms with Crippen LogP contribution in [0.1, 0.15) is 39.7 Å². The van der Waals surface area contributed by atoms with Gasteiger partial charge in [0.05, 0.1) is 7.11 Å². The van der Waals surface area contributed by atoms with E-state index in [1.165, 1.54) is 12.4 Å². The van der Waals surface area contributed by atoms with Crippen LogP contribution in [-0.4, -0.2) is 40.7 Å². The number of aryl methyl sites for hydroxylation is 1. The minimum Gasteiger partial charge on any atom is -0.496 e. The van der Waals surface area contributed by atoms with Crippen LogP contribution in [0.4, 0.5) is 10.6 Å². The van der Waals surface area contributed by atoms with Crippen molar-refractivity contribution in [2.75, 3.05) is 12.4 Å². The fourth-order valence-electron chi connectivity index (χ4n) is 2.46. The molecule has 0 radical (unpaired) electrons. The number of hydrogen-bond donors (Lipinski definition) is 2. The lowest BCUT2D eigenvalue weighted by Crippen LogP contribution is -2.45. The molecule has 2 rings (SSSR count). The summed E-state index contributed by atoms with van der Waals surface area (Å²) in [5.41, 5.74) is 0.319. The number of methoxy groups -OCH3 is 1. The average molecular weight is 416 g/mol. The first-order chi connectivity index (χ1) is 14.1. The number of carbonyl (C=O) groups excluding carboxylic acids is 2. The Kier molecular flexibility index (Phi) is 7.57. The lowest BCUT2D eigenvalue weighted by molar-refractivity contribution is -0.118. The predicted molar refractivity (Wildman–Crippen MR) is 112 cm³/mol. The molecule has 1 atom stereocenters. The van der Waals surface area contributed by atoms with Gasteiger partial charge in [0.15, 0.2) is 0 Å². The zero-order valence-corrected chi connectivity index (χ0v) is 18.1. The van der Waals surface area contributed by atoms with Gasteiger partial charge in [-0.25, -0.2) is 14.8 Å². The summed E-state index contributed by atoms with van der Waals surface area (Å²) in [6.45, 7) is 8.95. The molecule has 0 aliphatic heterocycles. The monoisotopic (exact) mass is 416 g/mol. The molecule has 0 unspecified atom stereocenters. The summed E-state index contributed by atoms with van der Waals surface area (Å²) in [5.74, 6) is 1.29. The summed E-state index contributed by atoms with van der Waals surface area (Å²) in [6, 6.07) is 6.11. The van der Waals surface area contributed by atoms with Gasteiger partial charge in [0, 0.05) is 12.1 Å². The Hall–Kier alpha value is -3.36. The number of carbonyl (C=O) groups is 2. The van der Waals surface area contributed by atoms with Crippen LogP contribution in [0, 0.1) is 6.92 Å². The van der Waals surface area contributed by atoms with Crippen molar-refractivity contribution in [3.05, 3.63) is 36.2 Å². The second-order valence-corrected chi connectivity index (χ2v) is 7.57. The molecule has 9 nitrogen and oxygen atoms in total. The van der Waals surface area contributed by atoms with E-state index in [1.54, 1.807) is 46.9 Å². The Labute approximate surface area is 176 Å². The lowest BCUT2D eigenvalue weighted by atomic mass is 10.2. The smallest absolute Gasteiger partial charge is 0.408 e. The molecule has 0 fully saturated rings. The maximum atomic E-state index is 12.5. The number of nitrogens with zero attached hydrogens (tertiary/aromatic N) is 2. The van der Waals surface area contributed by atoms with Crippen molar-refractivity contribution in [1.82, 2.24) is 15.3 Å². The molecule has 2 aromatic rings. The summed E-state index contributed by atoms with van der Waals surface area (Å²) < 4.78 is 16.2. The van der Waals surface area contributed by atoms with E-state index in [2.05, 4.69) is 20.6 Å². The van der Waals surface area contributed by atoms with Crippen LogP contribution in [0.2, 0.25) is 0 Å². The first-order valence-corrected chi connectivity index (χ1v) is 9.56. The number of nitrogens with one attached hydrogen (secondary N) is 2. The number of ether oxygens (including phenoxy) is 3. The number of hydrogen-bond acceptors (Lipinski definition) is 7. The third-order valence-corrected chi connectivity index (χ3v) is 3.91. The van der Waals surface area contributed by atoms with Crippen molar-refractivity contribution in [2.45, 2.75) is 52.7 Å². The van der Waals surface area contributed by atoms with Crippen molar-refractivity contribution in [2.24, 2.45) is 0 Å². The fraction of sp³-hybridized carbons (Fsp3) is 0.429.